The van der Waals surface area contributed by atoms with E-state index in [-0.39, 0.29) is 5.56 Å². The molecule has 2 aromatic heterocycles. The quantitative estimate of drug-likeness (QED) is 0.447. The molecule has 1 aliphatic heterocycles. The van der Waals surface area contributed by atoms with Gasteiger partial charge in [-0.25, -0.2) is 4.98 Å². The van der Waals surface area contributed by atoms with E-state index in [0.29, 0.717) is 24.1 Å². The van der Waals surface area contributed by atoms with Crippen LogP contribution in [0.5, 0.6) is 5.75 Å². The summed E-state index contributed by atoms with van der Waals surface area (Å²) in [5.74, 6) is 0.878. The van der Waals surface area contributed by atoms with Crippen LogP contribution in [0.25, 0.3) is 32.9 Å². The second-order valence-electron chi connectivity index (χ2n) is 8.54. The Hall–Kier alpha value is -4.06. The number of nitrogens with one attached hydrogen (secondary N) is 1. The van der Waals surface area contributed by atoms with Crippen molar-refractivity contribution in [2.24, 2.45) is 0 Å². The molecule has 0 saturated heterocycles. The van der Waals surface area contributed by atoms with Crippen molar-refractivity contribution < 1.29 is 4.74 Å². The molecule has 6 rings (SSSR count). The Labute approximate surface area is 191 Å². The van der Waals surface area contributed by atoms with Crippen LogP contribution in [0.15, 0.2) is 78.0 Å². The second kappa shape index (κ2) is 7.81. The molecule has 3 heterocycles. The second-order valence-corrected chi connectivity index (χ2v) is 8.54. The molecule has 6 nitrogen and oxygen atoms in total. The number of aromatic amines is 1. The van der Waals surface area contributed by atoms with Crippen molar-refractivity contribution >= 4 is 27.5 Å². The summed E-state index contributed by atoms with van der Waals surface area (Å²) < 4.78 is 7.57. The minimum atomic E-state index is -0.0179. The third kappa shape index (κ3) is 3.44. The Kier molecular flexibility index (Phi) is 4.64. The smallest absolute Gasteiger partial charge is 0.261 e. The van der Waals surface area contributed by atoms with Crippen LogP contribution in [0.3, 0.4) is 0 Å². The highest BCUT2D eigenvalue weighted by atomic mass is 16.5. The number of nitrogens with zero attached hydrogens (tertiary/aromatic N) is 3. The van der Waals surface area contributed by atoms with E-state index in [2.05, 4.69) is 52.2 Å². The maximum atomic E-state index is 13.3. The minimum Gasteiger partial charge on any atom is -0.490 e. The molecule has 33 heavy (non-hydrogen) atoms. The lowest BCUT2D eigenvalue weighted by atomic mass is 10.0. The Morgan fingerprint density at radius 3 is 2.82 bits per heavy atom. The van der Waals surface area contributed by atoms with Crippen molar-refractivity contribution in [3.63, 3.8) is 0 Å². The number of hydrogen-bond acceptors (Lipinski definition) is 4. The largest absolute Gasteiger partial charge is 0.490 e. The lowest BCUT2D eigenvalue weighted by Gasteiger charge is -2.28. The minimum absolute atomic E-state index is 0.0179. The monoisotopic (exact) mass is 436 g/mol. The van der Waals surface area contributed by atoms with Crippen LogP contribution in [0.2, 0.25) is 0 Å². The van der Waals surface area contributed by atoms with Gasteiger partial charge in [-0.2, -0.15) is 0 Å². The number of fused-ring (bicyclic) bond motifs is 3. The predicted octanol–water partition coefficient (Wildman–Crippen LogP) is 4.62. The van der Waals surface area contributed by atoms with Gasteiger partial charge in [-0.15, -0.1) is 0 Å². The summed E-state index contributed by atoms with van der Waals surface area (Å²) >= 11 is 0. The summed E-state index contributed by atoms with van der Waals surface area (Å²) in [6.45, 7) is 2.13. The van der Waals surface area contributed by atoms with E-state index in [1.807, 2.05) is 36.5 Å². The molecule has 164 valence electrons. The number of rotatable bonds is 4. The van der Waals surface area contributed by atoms with Crippen LogP contribution >= 0.6 is 0 Å². The molecule has 6 heteroatoms. The molecule has 0 saturated carbocycles. The number of H-pyrrole nitrogens is 1. The first-order valence-electron chi connectivity index (χ1n) is 11.2. The number of benzene rings is 3. The maximum Gasteiger partial charge on any atom is 0.261 e. The van der Waals surface area contributed by atoms with E-state index >= 15 is 0 Å². The number of hydrogen-bond donors (Lipinski definition) is 1. The first-order valence-corrected chi connectivity index (χ1v) is 11.2. The lowest BCUT2D eigenvalue weighted by molar-refractivity contribution is 0.311. The van der Waals surface area contributed by atoms with Gasteiger partial charge in [0.25, 0.3) is 5.56 Å². The maximum absolute atomic E-state index is 13.3. The highest BCUT2D eigenvalue weighted by molar-refractivity contribution is 5.85. The van der Waals surface area contributed by atoms with Gasteiger partial charge in [-0.1, -0.05) is 30.3 Å². The Morgan fingerprint density at radius 1 is 1.03 bits per heavy atom. The number of ether oxygens (including phenoxy) is 1. The Balaban J connectivity index is 1.33. The first kappa shape index (κ1) is 19.6. The van der Waals surface area contributed by atoms with E-state index in [1.165, 1.54) is 10.9 Å². The summed E-state index contributed by atoms with van der Waals surface area (Å²) in [6, 6.07) is 20.3. The zero-order chi connectivity index (χ0) is 22.4. The highest BCUT2D eigenvalue weighted by Gasteiger charge is 2.16. The molecule has 0 spiro atoms. The van der Waals surface area contributed by atoms with Crippen molar-refractivity contribution in [3.05, 3.63) is 89.1 Å². The van der Waals surface area contributed by atoms with Crippen LogP contribution in [-0.2, 0) is 13.0 Å². The first-order chi connectivity index (χ1) is 16.2. The van der Waals surface area contributed by atoms with Crippen LogP contribution in [-0.4, -0.2) is 34.7 Å². The summed E-state index contributed by atoms with van der Waals surface area (Å²) in [6.07, 6.45) is 4.44. The number of likely N-dealkylation sites (N-methyl/N-ethyl adjacent to an activating group) is 1. The molecule has 1 aliphatic rings. The summed E-state index contributed by atoms with van der Waals surface area (Å²) in [7, 11) is 2.07. The molecule has 0 amide bonds. The molecule has 0 aliphatic carbocycles. The average molecular weight is 437 g/mol. The van der Waals surface area contributed by atoms with Crippen LogP contribution in [0, 0.1) is 0 Å². The summed E-state index contributed by atoms with van der Waals surface area (Å²) in [5.41, 5.74) is 6.10. The third-order valence-electron chi connectivity index (χ3n) is 6.51. The van der Waals surface area contributed by atoms with Gasteiger partial charge in [0.15, 0.2) is 0 Å². The molecule has 0 fully saturated rings. The van der Waals surface area contributed by atoms with Crippen LogP contribution in [0.1, 0.15) is 5.56 Å². The molecule has 0 radical (unpaired) electrons. The lowest BCUT2D eigenvalue weighted by Crippen LogP contribution is -2.28. The molecule has 3 aromatic carbocycles. The fourth-order valence-corrected chi connectivity index (χ4v) is 4.61. The van der Waals surface area contributed by atoms with Gasteiger partial charge in [0.05, 0.1) is 29.5 Å². The van der Waals surface area contributed by atoms with Gasteiger partial charge in [-0.3, -0.25) is 9.36 Å². The zero-order valence-electron chi connectivity index (χ0n) is 18.4. The van der Waals surface area contributed by atoms with Crippen molar-refractivity contribution in [1.82, 2.24) is 14.5 Å². The van der Waals surface area contributed by atoms with E-state index in [1.54, 1.807) is 10.9 Å². The number of anilines is 1. The standard InChI is InChI=1S/C27H24N4O2/c1-30-12-13-33-26-15-19(7-9-25(26)30)18-6-8-24-22(14-18)27(32)31(17-29-24)11-10-20-16-28-23-5-3-2-4-21(20)23/h2-9,14-17,28H,10-13H2,1H3. The molecule has 0 bridgehead atoms. The van der Waals surface area contributed by atoms with E-state index < -0.39 is 0 Å². The van der Waals surface area contributed by atoms with Gasteiger partial charge in [-0.05, 0) is 53.4 Å². The molecule has 5 aromatic rings. The molecule has 0 unspecified atom stereocenters. The van der Waals surface area contributed by atoms with Gasteiger partial charge >= 0.3 is 0 Å². The molecular weight excluding hydrogens is 412 g/mol. The summed E-state index contributed by atoms with van der Waals surface area (Å²) in [4.78, 5) is 23.3. The SMILES string of the molecule is CN1CCOc2cc(-c3ccc4ncn(CCc5c[nH]c6ccccc56)c(=O)c4c3)ccc21. The van der Waals surface area contributed by atoms with E-state index in [4.69, 9.17) is 4.74 Å². The van der Waals surface area contributed by atoms with Gasteiger partial charge < -0.3 is 14.6 Å². The third-order valence-corrected chi connectivity index (χ3v) is 6.51. The number of para-hydroxylation sites is 1. The highest BCUT2D eigenvalue weighted by Crippen LogP contribution is 2.35. The van der Waals surface area contributed by atoms with Crippen molar-refractivity contribution in [3.8, 4) is 16.9 Å². The predicted molar refractivity (Wildman–Crippen MR) is 132 cm³/mol. The topological polar surface area (TPSA) is 63.1 Å². The molecule has 0 atom stereocenters. The number of aromatic nitrogens is 3. The normalized spacial score (nSPS) is 13.3. The van der Waals surface area contributed by atoms with Gasteiger partial charge in [0, 0.05) is 30.7 Å². The molecule has 1 N–H and O–H groups in total. The van der Waals surface area contributed by atoms with Gasteiger partial charge in [0.2, 0.25) is 0 Å². The molecular formula is C27H24N4O2. The Morgan fingerprint density at radius 2 is 1.88 bits per heavy atom. The Bertz CT molecular complexity index is 1550. The number of aryl methyl sites for hydroxylation is 2. The summed E-state index contributed by atoms with van der Waals surface area (Å²) in [5, 5.41) is 1.83. The van der Waals surface area contributed by atoms with Gasteiger partial charge in [0.1, 0.15) is 12.4 Å². The average Bonchev–Trinajstić information content (AvgIpc) is 3.27. The van der Waals surface area contributed by atoms with Crippen LogP contribution in [0.4, 0.5) is 5.69 Å². The van der Waals surface area contributed by atoms with E-state index in [9.17, 15) is 4.79 Å². The van der Waals surface area contributed by atoms with Crippen molar-refractivity contribution in [2.45, 2.75) is 13.0 Å². The van der Waals surface area contributed by atoms with Crippen LogP contribution < -0.4 is 15.2 Å². The zero-order valence-corrected chi connectivity index (χ0v) is 18.4. The van der Waals surface area contributed by atoms with E-state index in [0.717, 1.165) is 41.0 Å². The fourth-order valence-electron chi connectivity index (χ4n) is 4.61. The fraction of sp³-hybridized carbons (Fsp3) is 0.185. The van der Waals surface area contributed by atoms with Crippen molar-refractivity contribution in [1.29, 1.82) is 0 Å². The van der Waals surface area contributed by atoms with Crippen molar-refractivity contribution in [2.75, 3.05) is 25.1 Å².